The molecule has 3 N–H and O–H groups in total. The number of likely N-dealkylation sites (N-methyl/N-ethyl adjacent to an activating group) is 4. The van der Waals surface area contributed by atoms with Crippen LogP contribution in [-0.2, 0) is 65.1 Å². The van der Waals surface area contributed by atoms with Crippen molar-refractivity contribution < 1.29 is 38.1 Å². The van der Waals surface area contributed by atoms with E-state index >= 15 is 0 Å². The molecule has 49 heavy (non-hydrogen) atoms. The highest BCUT2D eigenvalue weighted by molar-refractivity contribution is 5.85. The van der Waals surface area contributed by atoms with Crippen LogP contribution in [0.15, 0.2) is 43.0 Å². The van der Waals surface area contributed by atoms with Gasteiger partial charge in [-0.15, -0.1) is 0 Å². The van der Waals surface area contributed by atoms with Gasteiger partial charge in [-0.1, -0.05) is 18.2 Å². The number of aromatic nitrogens is 3. The third kappa shape index (κ3) is 14.0. The molecule has 1 aliphatic rings. The number of imidazole rings is 1. The lowest BCUT2D eigenvalue weighted by atomic mass is 10.1. The first-order valence-corrected chi connectivity index (χ1v) is 15.9. The number of nitrogens with one attached hydrogen (secondary N) is 3. The molecule has 0 bridgehead atoms. The third-order valence-electron chi connectivity index (χ3n) is 7.94. The minimum absolute atomic E-state index is 0.0185. The fourth-order valence-electron chi connectivity index (χ4n) is 5.05. The van der Waals surface area contributed by atoms with Crippen LogP contribution >= 0.6 is 0 Å². The maximum atomic E-state index is 11.6. The molecule has 0 aliphatic carbocycles. The summed E-state index contributed by atoms with van der Waals surface area (Å²) in [6.45, 7) is 1.30. The van der Waals surface area contributed by atoms with Gasteiger partial charge in [0.1, 0.15) is 18.1 Å². The van der Waals surface area contributed by atoms with Gasteiger partial charge >= 0.3 is 23.9 Å². The minimum atomic E-state index is -0.310. The first-order valence-electron chi connectivity index (χ1n) is 15.9. The van der Waals surface area contributed by atoms with Crippen molar-refractivity contribution in [1.29, 1.82) is 0 Å². The van der Waals surface area contributed by atoms with Gasteiger partial charge in [-0.3, -0.25) is 24.1 Å². The Labute approximate surface area is 289 Å². The van der Waals surface area contributed by atoms with E-state index in [1.165, 1.54) is 39.3 Å². The van der Waals surface area contributed by atoms with Crippen molar-refractivity contribution in [1.82, 2.24) is 35.0 Å². The summed E-state index contributed by atoms with van der Waals surface area (Å²) in [5.74, 6) is -0.818. The lowest BCUT2D eigenvalue weighted by Crippen LogP contribution is -2.37. The van der Waals surface area contributed by atoms with Crippen LogP contribution in [0, 0.1) is 0 Å². The highest BCUT2D eigenvalue weighted by atomic mass is 16.5. The second kappa shape index (κ2) is 23.1. The number of para-hydroxylation sites is 1. The molecule has 0 radical (unpaired) electrons. The average Bonchev–Trinajstić information content (AvgIpc) is 3.83. The number of rotatable bonds is 11. The Morgan fingerprint density at radius 2 is 1.47 bits per heavy atom. The molecule has 2 aromatic heterocycles. The van der Waals surface area contributed by atoms with Crippen molar-refractivity contribution in [3.63, 3.8) is 0 Å². The van der Waals surface area contributed by atoms with E-state index in [2.05, 4.69) is 58.0 Å². The van der Waals surface area contributed by atoms with Crippen molar-refractivity contribution in [2.24, 2.45) is 14.1 Å². The van der Waals surface area contributed by atoms with Crippen LogP contribution in [0.4, 0.5) is 0 Å². The number of carbonyl (C=O) groups is 4. The molecule has 15 heteroatoms. The van der Waals surface area contributed by atoms with Gasteiger partial charge in [0.05, 0.1) is 41.3 Å². The largest absolute Gasteiger partial charge is 0.468 e. The highest BCUT2D eigenvalue weighted by Crippen LogP contribution is 2.21. The number of carbonyl (C=O) groups excluding carboxylic acids is 4. The number of hydrogen-bond acceptors (Lipinski definition) is 13. The first-order chi connectivity index (χ1) is 23.4. The molecule has 3 unspecified atom stereocenters. The lowest BCUT2D eigenvalue weighted by molar-refractivity contribution is -0.145. The molecule has 274 valence electrons. The van der Waals surface area contributed by atoms with Crippen molar-refractivity contribution in [3.05, 3.63) is 54.2 Å². The van der Waals surface area contributed by atoms with Crippen LogP contribution in [0.1, 0.15) is 24.1 Å². The quantitative estimate of drug-likeness (QED) is 0.192. The predicted molar refractivity (Wildman–Crippen MR) is 187 cm³/mol. The average molecular weight is 690 g/mol. The zero-order valence-electron chi connectivity index (χ0n) is 30.6. The number of ether oxygens (including phenoxy) is 4. The van der Waals surface area contributed by atoms with Crippen LogP contribution < -0.4 is 16.0 Å². The zero-order chi connectivity index (χ0) is 36.9. The molecule has 0 amide bonds. The minimum Gasteiger partial charge on any atom is -0.468 e. The van der Waals surface area contributed by atoms with Crippen LogP contribution in [0.3, 0.4) is 0 Å². The van der Waals surface area contributed by atoms with E-state index < -0.39 is 0 Å². The predicted octanol–water partition coefficient (Wildman–Crippen LogP) is 0.838. The monoisotopic (exact) mass is 689 g/mol. The molecule has 3 heterocycles. The molecular formula is C34H55N7O8. The van der Waals surface area contributed by atoms with Crippen molar-refractivity contribution in [3.8, 4) is 0 Å². The second-order valence-corrected chi connectivity index (χ2v) is 11.2. The maximum absolute atomic E-state index is 11.6. The Morgan fingerprint density at radius 3 is 1.92 bits per heavy atom. The van der Waals surface area contributed by atoms with E-state index in [-0.39, 0.29) is 48.5 Å². The van der Waals surface area contributed by atoms with Crippen LogP contribution in [-0.4, -0.2) is 131 Å². The Bertz CT molecular complexity index is 1440. The molecule has 0 saturated carbocycles. The van der Waals surface area contributed by atoms with Gasteiger partial charge in [0.2, 0.25) is 0 Å². The van der Waals surface area contributed by atoms with Gasteiger partial charge < -0.3 is 44.0 Å². The van der Waals surface area contributed by atoms with Gasteiger partial charge in [-0.05, 0) is 59.2 Å². The number of hydrogen-bond donors (Lipinski definition) is 3. The molecule has 1 aliphatic heterocycles. The summed E-state index contributed by atoms with van der Waals surface area (Å²) >= 11 is 0. The summed E-state index contributed by atoms with van der Waals surface area (Å²) in [4.78, 5) is 50.0. The van der Waals surface area contributed by atoms with E-state index in [4.69, 9.17) is 4.74 Å². The fraction of sp³-hybridized carbons (Fsp3) is 0.559. The molecule has 3 atom stereocenters. The van der Waals surface area contributed by atoms with Crippen LogP contribution in [0.5, 0.6) is 0 Å². The topological polar surface area (TPSA) is 167 Å². The standard InChI is InChI=1S/C14H18N2O2.C9H15N3O2.C7H13NO2.C4H9NO2/c1-15-12(14(17)18-3)8-10-9-16(2)13-7-5-4-6-11(10)13;1-10-8(9(13)14-3)4-7-5-11-6-12(7)2;1-8-5-3-4-6(8)7(9)10-2;1-5-3-4(6)7-2/h4-7,9,12,15H,8H2,1-3H3;5-6,8,10H,4H2,1-3H3;6H,3-5H2,1-2H3;5H,3H2,1-2H3. The van der Waals surface area contributed by atoms with E-state index in [0.717, 1.165) is 30.6 Å². The summed E-state index contributed by atoms with van der Waals surface area (Å²) in [6.07, 6.45) is 8.79. The van der Waals surface area contributed by atoms with Gasteiger partial charge in [0, 0.05) is 55.9 Å². The first kappa shape index (κ1) is 42.7. The molecular weight excluding hydrogens is 634 g/mol. The summed E-state index contributed by atoms with van der Waals surface area (Å²) in [6, 6.07) is 7.58. The number of esters is 4. The van der Waals surface area contributed by atoms with E-state index in [0.29, 0.717) is 12.8 Å². The normalized spacial score (nSPS) is 14.9. The Kier molecular flexibility index (Phi) is 20.1. The zero-order valence-corrected chi connectivity index (χ0v) is 30.6. The van der Waals surface area contributed by atoms with Crippen LogP contribution in [0.2, 0.25) is 0 Å². The number of methoxy groups -OCH3 is 4. The summed E-state index contributed by atoms with van der Waals surface area (Å²) in [5, 5.41) is 9.72. The number of aryl methyl sites for hydroxylation is 2. The van der Waals surface area contributed by atoms with E-state index in [1.54, 1.807) is 33.7 Å². The molecule has 15 nitrogen and oxygen atoms in total. The van der Waals surface area contributed by atoms with Crippen LogP contribution in [0.25, 0.3) is 10.9 Å². The number of nitrogens with zero attached hydrogens (tertiary/aromatic N) is 4. The number of likely N-dealkylation sites (tertiary alicyclic amines) is 1. The maximum Gasteiger partial charge on any atom is 0.323 e. The smallest absolute Gasteiger partial charge is 0.323 e. The molecule has 1 fully saturated rings. The summed E-state index contributed by atoms with van der Waals surface area (Å²) in [5.41, 5.74) is 3.32. The lowest BCUT2D eigenvalue weighted by Gasteiger charge is -2.15. The molecule has 0 spiro atoms. The fourth-order valence-corrected chi connectivity index (χ4v) is 5.05. The molecule has 1 aromatic carbocycles. The SMILES string of the molecule is CNC(Cc1cn(C)c2ccccc12)C(=O)OC.CNC(Cc1cncn1C)C(=O)OC.CNCC(=O)OC.COC(=O)C1CCCN1C. The van der Waals surface area contributed by atoms with Crippen molar-refractivity contribution >= 4 is 34.8 Å². The second-order valence-electron chi connectivity index (χ2n) is 11.2. The van der Waals surface area contributed by atoms with Crippen molar-refractivity contribution in [2.45, 2.75) is 43.8 Å². The summed E-state index contributed by atoms with van der Waals surface area (Å²) in [7, 11) is 16.7. The molecule has 1 saturated heterocycles. The van der Waals surface area contributed by atoms with E-state index in [1.807, 2.05) is 42.7 Å². The highest BCUT2D eigenvalue weighted by Gasteiger charge is 2.28. The summed E-state index contributed by atoms with van der Waals surface area (Å²) < 4.78 is 22.3. The number of fused-ring (bicyclic) bond motifs is 1. The van der Waals surface area contributed by atoms with Crippen molar-refractivity contribution in [2.75, 3.05) is 69.7 Å². The third-order valence-corrected chi connectivity index (χ3v) is 7.94. The molecule has 4 rings (SSSR count). The Hall–Kier alpha value is -4.31. The van der Waals surface area contributed by atoms with Gasteiger partial charge in [-0.25, -0.2) is 4.98 Å². The van der Waals surface area contributed by atoms with Gasteiger partial charge in [-0.2, -0.15) is 0 Å². The van der Waals surface area contributed by atoms with E-state index in [9.17, 15) is 19.2 Å². The Morgan fingerprint density at radius 1 is 0.857 bits per heavy atom. The Balaban J connectivity index is 0.000000346. The molecule has 3 aromatic rings. The van der Waals surface area contributed by atoms with Gasteiger partial charge in [0.15, 0.2) is 0 Å². The number of benzene rings is 1. The van der Waals surface area contributed by atoms with Gasteiger partial charge in [0.25, 0.3) is 0 Å².